The van der Waals surface area contributed by atoms with Crippen molar-refractivity contribution >= 4 is 0 Å². The third-order valence-corrected chi connectivity index (χ3v) is 6.27. The van der Waals surface area contributed by atoms with Gasteiger partial charge < -0.3 is 4.57 Å². The largest absolute Gasteiger partial charge is 0.316 e. The van der Waals surface area contributed by atoms with E-state index in [1.165, 1.54) is 38.9 Å². The topological polar surface area (TPSA) is 30.7 Å². The van der Waals surface area contributed by atoms with Crippen LogP contribution in [0, 0.1) is 40.7 Å². The molecule has 0 saturated carbocycles. The molecular formula is C31H28IrN3-. The summed E-state index contributed by atoms with van der Waals surface area (Å²) in [7, 11) is 0. The van der Waals surface area contributed by atoms with Crippen molar-refractivity contribution in [3.63, 3.8) is 0 Å². The Hall–Kier alpha value is -3.33. The summed E-state index contributed by atoms with van der Waals surface area (Å²) in [4.78, 5) is 0. The maximum Gasteiger partial charge on any atom is 0.159 e. The molecule has 177 valence electrons. The van der Waals surface area contributed by atoms with E-state index in [1.807, 2.05) is 24.3 Å². The Morgan fingerprint density at radius 2 is 1.23 bits per heavy atom. The van der Waals surface area contributed by atoms with Gasteiger partial charge in [-0.2, -0.15) is 5.10 Å². The van der Waals surface area contributed by atoms with Crippen LogP contribution in [-0.4, -0.2) is 14.8 Å². The summed E-state index contributed by atoms with van der Waals surface area (Å²) in [5.41, 5.74) is 11.7. The van der Waals surface area contributed by atoms with Crippen molar-refractivity contribution in [3.05, 3.63) is 113 Å². The van der Waals surface area contributed by atoms with Gasteiger partial charge in [0, 0.05) is 31.4 Å². The second kappa shape index (κ2) is 10.1. The van der Waals surface area contributed by atoms with Crippen LogP contribution in [0.5, 0.6) is 0 Å². The van der Waals surface area contributed by atoms with E-state index in [0.29, 0.717) is 0 Å². The molecular weight excluding hydrogens is 607 g/mol. The van der Waals surface area contributed by atoms with Gasteiger partial charge in [0.1, 0.15) is 0 Å². The molecule has 4 aromatic carbocycles. The molecule has 3 nitrogen and oxygen atoms in total. The maximum atomic E-state index is 4.68. The van der Waals surface area contributed by atoms with E-state index in [9.17, 15) is 0 Å². The van der Waals surface area contributed by atoms with E-state index < -0.39 is 0 Å². The number of rotatable bonds is 4. The molecule has 0 bridgehead atoms. The first-order chi connectivity index (χ1) is 16.4. The first-order valence-corrected chi connectivity index (χ1v) is 11.6. The minimum atomic E-state index is 0. The van der Waals surface area contributed by atoms with Gasteiger partial charge in [0.2, 0.25) is 0 Å². The van der Waals surface area contributed by atoms with Crippen LogP contribution in [-0.2, 0) is 20.1 Å². The van der Waals surface area contributed by atoms with Gasteiger partial charge in [0.25, 0.3) is 0 Å². The van der Waals surface area contributed by atoms with Crippen LogP contribution < -0.4 is 0 Å². The monoisotopic (exact) mass is 635 g/mol. The van der Waals surface area contributed by atoms with Gasteiger partial charge in [0.05, 0.1) is 5.82 Å². The molecule has 0 unspecified atom stereocenters. The Morgan fingerprint density at radius 3 is 1.86 bits per heavy atom. The van der Waals surface area contributed by atoms with Crippen LogP contribution in [0.1, 0.15) is 27.8 Å². The average Bonchev–Trinajstić information content (AvgIpc) is 3.23. The summed E-state index contributed by atoms with van der Waals surface area (Å²) in [5.74, 6) is 1.64. The van der Waals surface area contributed by atoms with Gasteiger partial charge in [-0.15, -0.1) is 41.0 Å². The molecule has 1 heterocycles. The molecule has 0 N–H and O–H groups in total. The molecule has 0 spiro atoms. The molecule has 0 aliphatic heterocycles. The maximum absolute atomic E-state index is 4.68. The van der Waals surface area contributed by atoms with Crippen LogP contribution >= 0.6 is 0 Å². The van der Waals surface area contributed by atoms with E-state index in [1.54, 1.807) is 0 Å². The van der Waals surface area contributed by atoms with Gasteiger partial charge in [-0.05, 0) is 74.6 Å². The molecule has 5 rings (SSSR count). The zero-order valence-corrected chi connectivity index (χ0v) is 23.1. The smallest absolute Gasteiger partial charge is 0.159 e. The third-order valence-electron chi connectivity index (χ3n) is 6.27. The molecule has 0 atom stereocenters. The number of nitrogens with zero attached hydrogens (tertiary/aromatic N) is 3. The Balaban J connectivity index is 0.00000289. The molecule has 0 saturated heterocycles. The Labute approximate surface area is 221 Å². The van der Waals surface area contributed by atoms with Crippen LogP contribution in [0.4, 0.5) is 0 Å². The summed E-state index contributed by atoms with van der Waals surface area (Å²) in [5, 5.41) is 9.33. The predicted octanol–water partition coefficient (Wildman–Crippen LogP) is 7.61. The Bertz CT molecular complexity index is 1460. The molecule has 4 heteroatoms. The van der Waals surface area contributed by atoms with Crippen LogP contribution in [0.25, 0.3) is 39.6 Å². The number of benzene rings is 4. The van der Waals surface area contributed by atoms with E-state index in [4.69, 9.17) is 0 Å². The second-order valence-corrected chi connectivity index (χ2v) is 9.11. The van der Waals surface area contributed by atoms with Crippen LogP contribution in [0.15, 0.2) is 78.9 Å². The Kier molecular flexibility index (Phi) is 7.16. The van der Waals surface area contributed by atoms with Crippen LogP contribution in [0.2, 0.25) is 0 Å². The van der Waals surface area contributed by atoms with Crippen molar-refractivity contribution in [1.82, 2.24) is 14.8 Å². The van der Waals surface area contributed by atoms with Gasteiger partial charge in [-0.1, -0.05) is 53.6 Å². The third kappa shape index (κ3) is 4.77. The fourth-order valence-electron chi connectivity index (χ4n) is 4.82. The second-order valence-electron chi connectivity index (χ2n) is 9.11. The van der Waals surface area contributed by atoms with Gasteiger partial charge in [0.15, 0.2) is 5.82 Å². The van der Waals surface area contributed by atoms with Gasteiger partial charge in [-0.25, -0.2) is 0 Å². The molecule has 1 aromatic heterocycles. The first-order valence-electron chi connectivity index (χ1n) is 11.6. The number of aromatic nitrogens is 3. The molecule has 5 aromatic rings. The normalized spacial score (nSPS) is 10.8. The fourth-order valence-corrected chi connectivity index (χ4v) is 4.82. The zero-order valence-electron chi connectivity index (χ0n) is 20.7. The summed E-state index contributed by atoms with van der Waals surface area (Å²) < 4.78 is 2.20. The minimum absolute atomic E-state index is 0. The van der Waals surface area contributed by atoms with Crippen molar-refractivity contribution in [2.75, 3.05) is 0 Å². The van der Waals surface area contributed by atoms with Gasteiger partial charge in [-0.3, -0.25) is 0 Å². The number of hydrogen-bond acceptors (Lipinski definition) is 2. The molecule has 0 aliphatic carbocycles. The molecule has 1 radical (unpaired) electrons. The quantitative estimate of drug-likeness (QED) is 0.191. The zero-order chi connectivity index (χ0) is 23.8. The predicted molar refractivity (Wildman–Crippen MR) is 140 cm³/mol. The summed E-state index contributed by atoms with van der Waals surface area (Å²) in [6.45, 7) is 10.8. The number of aryl methyl sites for hydroxylation is 5. The van der Waals surface area contributed by atoms with Crippen molar-refractivity contribution in [3.8, 4) is 39.6 Å². The molecule has 35 heavy (non-hydrogen) atoms. The average molecular weight is 635 g/mol. The van der Waals surface area contributed by atoms with Crippen LogP contribution in [0.3, 0.4) is 0 Å². The summed E-state index contributed by atoms with van der Waals surface area (Å²) in [6.07, 6.45) is 0. The van der Waals surface area contributed by atoms with Crippen molar-refractivity contribution in [2.24, 2.45) is 0 Å². The standard InChI is InChI=1S/C31H28N3.Ir/c1-20-15-21(2)17-26(16-20)27-18-23(4)29(24(5)19-27)34-30(25-12-7-6-8-13-25)32-33-31(34)28-14-10-9-11-22(28)3;/h6-12,14-19H,1-5H3;/q-1;. The molecule has 0 aliphatic rings. The van der Waals surface area contributed by atoms with E-state index in [-0.39, 0.29) is 20.1 Å². The SMILES string of the molecule is Cc1cc(C)cc(-c2cc(C)c(-n3c(-c4[c-]cccc4)nnc3-c3ccccc3C)c(C)c2)c1.[Ir]. The summed E-state index contributed by atoms with van der Waals surface area (Å²) in [6, 6.07) is 30.9. The van der Waals surface area contributed by atoms with Gasteiger partial charge >= 0.3 is 0 Å². The molecule has 0 fully saturated rings. The van der Waals surface area contributed by atoms with Crippen molar-refractivity contribution in [2.45, 2.75) is 34.6 Å². The number of hydrogen-bond donors (Lipinski definition) is 0. The Morgan fingerprint density at radius 1 is 0.629 bits per heavy atom. The van der Waals surface area contributed by atoms with E-state index >= 15 is 0 Å². The molecule has 0 amide bonds. The van der Waals surface area contributed by atoms with Crippen molar-refractivity contribution in [1.29, 1.82) is 0 Å². The van der Waals surface area contributed by atoms with Crippen molar-refractivity contribution < 1.29 is 20.1 Å². The van der Waals surface area contributed by atoms with E-state index in [2.05, 4.69) is 110 Å². The van der Waals surface area contributed by atoms with E-state index in [0.717, 1.165) is 28.5 Å². The minimum Gasteiger partial charge on any atom is -0.316 e. The fraction of sp³-hybridized carbons (Fsp3) is 0.161. The summed E-state index contributed by atoms with van der Waals surface area (Å²) >= 11 is 0. The first kappa shape index (κ1) is 24.8.